The van der Waals surface area contributed by atoms with Crippen LogP contribution in [0.2, 0.25) is 0 Å². The van der Waals surface area contributed by atoms with Crippen molar-refractivity contribution in [2.75, 3.05) is 26.7 Å². The Morgan fingerprint density at radius 3 is 2.62 bits per heavy atom. The highest BCUT2D eigenvalue weighted by Crippen LogP contribution is 2.20. The predicted octanol–water partition coefficient (Wildman–Crippen LogP) is -0.0774. The standard InChI is InChI=1S/C12H14FN3O3S2/c1-15-4-5-16(7-11(15)17)21(18,19)8-2-3-10(13)9(6-8)12(14)20/h2-3,6H,4-5,7H2,1H3,(H2,14,20). The number of halogens is 1. The second kappa shape index (κ2) is 5.66. The number of hydrogen-bond acceptors (Lipinski definition) is 4. The van der Waals surface area contributed by atoms with Gasteiger partial charge in [-0.05, 0) is 18.2 Å². The second-order valence-electron chi connectivity index (χ2n) is 4.66. The summed E-state index contributed by atoms with van der Waals surface area (Å²) in [6.45, 7) is 0.254. The Morgan fingerprint density at radius 2 is 2.05 bits per heavy atom. The van der Waals surface area contributed by atoms with E-state index in [9.17, 15) is 17.6 Å². The fourth-order valence-corrected chi connectivity index (χ4v) is 3.51. The van der Waals surface area contributed by atoms with Gasteiger partial charge < -0.3 is 10.6 Å². The molecule has 1 saturated heterocycles. The average Bonchev–Trinajstić information content (AvgIpc) is 2.41. The molecule has 2 rings (SSSR count). The Labute approximate surface area is 127 Å². The zero-order valence-corrected chi connectivity index (χ0v) is 12.9. The highest BCUT2D eigenvalue weighted by Gasteiger charge is 2.31. The Hall–Kier alpha value is -1.58. The maximum absolute atomic E-state index is 13.5. The lowest BCUT2D eigenvalue weighted by atomic mass is 10.2. The molecule has 1 aromatic rings. The van der Waals surface area contributed by atoms with Crippen LogP contribution >= 0.6 is 12.2 Å². The van der Waals surface area contributed by atoms with Crippen LogP contribution in [0.5, 0.6) is 0 Å². The summed E-state index contributed by atoms with van der Waals surface area (Å²) in [7, 11) is -2.28. The maximum atomic E-state index is 13.5. The number of piperazine rings is 1. The van der Waals surface area contributed by atoms with Crippen LogP contribution in [0, 0.1) is 5.82 Å². The minimum Gasteiger partial charge on any atom is -0.389 e. The number of benzene rings is 1. The van der Waals surface area contributed by atoms with Crippen LogP contribution in [0.25, 0.3) is 0 Å². The Morgan fingerprint density at radius 1 is 1.38 bits per heavy atom. The molecule has 0 spiro atoms. The third kappa shape index (κ3) is 3.04. The number of nitrogens with two attached hydrogens (primary N) is 1. The van der Waals surface area contributed by atoms with Crippen molar-refractivity contribution in [2.24, 2.45) is 5.73 Å². The first-order valence-corrected chi connectivity index (χ1v) is 7.92. The van der Waals surface area contributed by atoms with E-state index in [1.807, 2.05) is 0 Å². The van der Waals surface area contributed by atoms with Gasteiger partial charge in [-0.1, -0.05) is 12.2 Å². The quantitative estimate of drug-likeness (QED) is 0.784. The minimum absolute atomic E-state index is 0.133. The summed E-state index contributed by atoms with van der Waals surface area (Å²) in [5.41, 5.74) is 5.23. The van der Waals surface area contributed by atoms with Crippen molar-refractivity contribution < 1.29 is 17.6 Å². The third-order valence-corrected chi connectivity index (χ3v) is 5.32. The van der Waals surface area contributed by atoms with E-state index in [0.717, 1.165) is 22.5 Å². The average molecular weight is 331 g/mol. The molecule has 1 heterocycles. The molecule has 21 heavy (non-hydrogen) atoms. The number of hydrogen-bond donors (Lipinski definition) is 1. The van der Waals surface area contributed by atoms with Crippen LogP contribution in [0.15, 0.2) is 23.1 Å². The van der Waals surface area contributed by atoms with E-state index in [4.69, 9.17) is 18.0 Å². The molecular formula is C12H14FN3O3S2. The molecule has 0 atom stereocenters. The van der Waals surface area contributed by atoms with Gasteiger partial charge in [-0.2, -0.15) is 4.31 Å². The normalized spacial score (nSPS) is 17.0. The van der Waals surface area contributed by atoms with Gasteiger partial charge >= 0.3 is 0 Å². The van der Waals surface area contributed by atoms with Gasteiger partial charge in [-0.3, -0.25) is 4.79 Å². The van der Waals surface area contributed by atoms with E-state index in [2.05, 4.69) is 0 Å². The summed E-state index contributed by atoms with van der Waals surface area (Å²) in [5, 5.41) is 0. The van der Waals surface area contributed by atoms with Gasteiger partial charge in [0.25, 0.3) is 0 Å². The van der Waals surface area contributed by atoms with Crippen molar-refractivity contribution in [3.05, 3.63) is 29.6 Å². The molecule has 2 N–H and O–H groups in total. The molecule has 0 saturated carbocycles. The zero-order valence-electron chi connectivity index (χ0n) is 11.2. The van der Waals surface area contributed by atoms with Gasteiger partial charge in [-0.25, -0.2) is 12.8 Å². The van der Waals surface area contributed by atoms with E-state index in [1.54, 1.807) is 7.05 Å². The van der Waals surface area contributed by atoms with Crippen molar-refractivity contribution in [1.29, 1.82) is 0 Å². The van der Waals surface area contributed by atoms with E-state index in [-0.39, 0.29) is 34.4 Å². The summed E-state index contributed by atoms with van der Waals surface area (Å²) < 4.78 is 39.5. The largest absolute Gasteiger partial charge is 0.389 e. The summed E-state index contributed by atoms with van der Waals surface area (Å²) in [6, 6.07) is 3.23. The molecule has 0 unspecified atom stereocenters. The SMILES string of the molecule is CN1CCN(S(=O)(=O)c2ccc(F)c(C(N)=S)c2)CC1=O. The van der Waals surface area contributed by atoms with Gasteiger partial charge in [0.15, 0.2) is 0 Å². The van der Waals surface area contributed by atoms with Crippen LogP contribution in [-0.4, -0.2) is 55.2 Å². The van der Waals surface area contributed by atoms with Crippen LogP contribution < -0.4 is 5.73 Å². The van der Waals surface area contributed by atoms with Crippen LogP contribution in [0.4, 0.5) is 4.39 Å². The van der Waals surface area contributed by atoms with E-state index in [1.165, 1.54) is 4.90 Å². The molecule has 0 radical (unpaired) electrons. The third-order valence-electron chi connectivity index (χ3n) is 3.26. The number of carbonyl (C=O) groups excluding carboxylic acids is 1. The van der Waals surface area contributed by atoms with Gasteiger partial charge in [-0.15, -0.1) is 0 Å². The Kier molecular flexibility index (Phi) is 4.26. The zero-order chi connectivity index (χ0) is 15.8. The summed E-state index contributed by atoms with van der Waals surface area (Å²) in [5.74, 6) is -0.975. The molecular weight excluding hydrogens is 317 g/mol. The number of rotatable bonds is 3. The van der Waals surface area contributed by atoms with Crippen molar-refractivity contribution in [1.82, 2.24) is 9.21 Å². The highest BCUT2D eigenvalue weighted by molar-refractivity contribution is 7.89. The predicted molar refractivity (Wildman–Crippen MR) is 78.7 cm³/mol. The molecule has 1 aliphatic heterocycles. The molecule has 1 aliphatic rings. The monoisotopic (exact) mass is 331 g/mol. The first kappa shape index (κ1) is 15.8. The van der Waals surface area contributed by atoms with Gasteiger partial charge in [0.1, 0.15) is 10.8 Å². The summed E-state index contributed by atoms with van der Waals surface area (Å²) in [6.07, 6.45) is 0. The number of amides is 1. The summed E-state index contributed by atoms with van der Waals surface area (Å²) in [4.78, 5) is 12.7. The lowest BCUT2D eigenvalue weighted by molar-refractivity contribution is -0.132. The Balaban J connectivity index is 2.38. The van der Waals surface area contributed by atoms with Crippen molar-refractivity contribution in [3.63, 3.8) is 0 Å². The smallest absolute Gasteiger partial charge is 0.243 e. The number of thiocarbonyl (C=S) groups is 1. The molecule has 0 bridgehead atoms. The van der Waals surface area contributed by atoms with Crippen molar-refractivity contribution in [3.8, 4) is 0 Å². The van der Waals surface area contributed by atoms with E-state index in [0.29, 0.717) is 6.54 Å². The number of carbonyl (C=O) groups is 1. The Bertz CT molecular complexity index is 706. The van der Waals surface area contributed by atoms with Crippen LogP contribution in [0.3, 0.4) is 0 Å². The maximum Gasteiger partial charge on any atom is 0.243 e. The number of likely N-dealkylation sites (N-methyl/N-ethyl adjacent to an activating group) is 1. The molecule has 9 heteroatoms. The van der Waals surface area contributed by atoms with Crippen molar-refractivity contribution in [2.45, 2.75) is 4.90 Å². The minimum atomic E-state index is -3.89. The lowest BCUT2D eigenvalue weighted by Crippen LogP contribution is -2.50. The molecule has 1 aromatic carbocycles. The molecule has 1 amide bonds. The molecule has 1 fully saturated rings. The second-order valence-corrected chi connectivity index (χ2v) is 7.04. The van der Waals surface area contributed by atoms with E-state index >= 15 is 0 Å². The first-order chi connectivity index (χ1) is 9.73. The molecule has 6 nitrogen and oxygen atoms in total. The number of nitrogens with zero attached hydrogens (tertiary/aromatic N) is 2. The van der Waals surface area contributed by atoms with Crippen LogP contribution in [0.1, 0.15) is 5.56 Å². The first-order valence-electron chi connectivity index (χ1n) is 6.07. The fourth-order valence-electron chi connectivity index (χ4n) is 1.94. The van der Waals surface area contributed by atoms with Gasteiger partial charge in [0, 0.05) is 25.7 Å². The lowest BCUT2D eigenvalue weighted by Gasteiger charge is -2.31. The molecule has 114 valence electrons. The fraction of sp³-hybridized carbons (Fsp3) is 0.333. The van der Waals surface area contributed by atoms with Gasteiger partial charge in [0.2, 0.25) is 15.9 Å². The van der Waals surface area contributed by atoms with E-state index < -0.39 is 15.8 Å². The van der Waals surface area contributed by atoms with Crippen LogP contribution in [-0.2, 0) is 14.8 Å². The van der Waals surface area contributed by atoms with Gasteiger partial charge in [0.05, 0.1) is 11.4 Å². The van der Waals surface area contributed by atoms with Crippen molar-refractivity contribution >= 4 is 33.1 Å². The topological polar surface area (TPSA) is 83.7 Å². The number of sulfonamides is 1. The highest BCUT2D eigenvalue weighted by atomic mass is 32.2. The summed E-state index contributed by atoms with van der Waals surface area (Å²) >= 11 is 4.69. The molecule has 0 aliphatic carbocycles. The molecule has 0 aromatic heterocycles.